The SMILES string of the molecule is O=c1cccc2n1C[C@H]1C[C@@H]2CN(C[C@@H](O)Cn2ccc3ccccc32)C1. The number of aliphatic hydroxyl groups is 1. The van der Waals surface area contributed by atoms with Crippen LogP contribution in [0.4, 0.5) is 0 Å². The molecule has 2 aliphatic heterocycles. The van der Waals surface area contributed by atoms with Gasteiger partial charge in [0.1, 0.15) is 0 Å². The molecule has 5 heteroatoms. The van der Waals surface area contributed by atoms with E-state index in [2.05, 4.69) is 39.9 Å². The van der Waals surface area contributed by atoms with Crippen LogP contribution in [0.5, 0.6) is 0 Å². The fraction of sp³-hybridized carbons (Fsp3) is 0.409. The zero-order chi connectivity index (χ0) is 18.4. The lowest BCUT2D eigenvalue weighted by Crippen LogP contribution is -2.49. The highest BCUT2D eigenvalue weighted by molar-refractivity contribution is 5.79. The maximum Gasteiger partial charge on any atom is 0.250 e. The lowest BCUT2D eigenvalue weighted by molar-refractivity contribution is 0.0553. The van der Waals surface area contributed by atoms with Crippen molar-refractivity contribution in [1.29, 1.82) is 0 Å². The number of likely N-dealkylation sites (tertiary alicyclic amines) is 1. The van der Waals surface area contributed by atoms with Gasteiger partial charge in [-0.25, -0.2) is 0 Å². The van der Waals surface area contributed by atoms with E-state index in [-0.39, 0.29) is 5.56 Å². The van der Waals surface area contributed by atoms with Gasteiger partial charge in [-0.1, -0.05) is 24.3 Å². The number of nitrogens with zero attached hydrogens (tertiary/aromatic N) is 3. The smallest absolute Gasteiger partial charge is 0.250 e. The molecule has 5 nitrogen and oxygen atoms in total. The molecule has 27 heavy (non-hydrogen) atoms. The van der Waals surface area contributed by atoms with Crippen LogP contribution in [0, 0.1) is 5.92 Å². The van der Waals surface area contributed by atoms with Crippen LogP contribution >= 0.6 is 0 Å². The van der Waals surface area contributed by atoms with Gasteiger partial charge in [0.2, 0.25) is 0 Å². The number of rotatable bonds is 4. The lowest BCUT2D eigenvalue weighted by Gasteiger charge is -2.43. The molecule has 0 spiro atoms. The maximum absolute atomic E-state index is 12.1. The van der Waals surface area contributed by atoms with E-state index in [9.17, 15) is 9.90 Å². The normalized spacial score (nSPS) is 23.3. The molecule has 2 bridgehead atoms. The Bertz CT molecular complexity index is 1020. The number of aliphatic hydroxyl groups excluding tert-OH is 1. The van der Waals surface area contributed by atoms with Crippen molar-refractivity contribution in [3.05, 3.63) is 70.8 Å². The molecule has 0 radical (unpaired) electrons. The fourth-order valence-corrected chi connectivity index (χ4v) is 5.03. The van der Waals surface area contributed by atoms with E-state index in [0.717, 1.165) is 31.7 Å². The molecule has 0 aliphatic carbocycles. The Labute approximate surface area is 158 Å². The van der Waals surface area contributed by atoms with Gasteiger partial charge in [-0.3, -0.25) is 9.69 Å². The number of piperidine rings is 1. The molecule has 2 aromatic heterocycles. The number of pyridine rings is 1. The number of hydrogen-bond donors (Lipinski definition) is 1. The van der Waals surface area contributed by atoms with E-state index < -0.39 is 6.10 Å². The molecule has 1 fully saturated rings. The van der Waals surface area contributed by atoms with Crippen LogP contribution in [-0.4, -0.2) is 44.9 Å². The van der Waals surface area contributed by atoms with Gasteiger partial charge in [-0.15, -0.1) is 0 Å². The summed E-state index contributed by atoms with van der Waals surface area (Å²) in [5.74, 6) is 0.891. The van der Waals surface area contributed by atoms with Crippen molar-refractivity contribution in [3.8, 4) is 0 Å². The third-order valence-electron chi connectivity index (χ3n) is 6.11. The molecule has 5 rings (SSSR count). The van der Waals surface area contributed by atoms with Crippen molar-refractivity contribution in [2.45, 2.75) is 31.5 Å². The topological polar surface area (TPSA) is 50.4 Å². The minimum Gasteiger partial charge on any atom is -0.390 e. The molecule has 0 amide bonds. The van der Waals surface area contributed by atoms with Crippen LogP contribution in [0.25, 0.3) is 10.9 Å². The van der Waals surface area contributed by atoms with Gasteiger partial charge in [0.25, 0.3) is 5.56 Å². The van der Waals surface area contributed by atoms with Gasteiger partial charge in [-0.2, -0.15) is 0 Å². The van der Waals surface area contributed by atoms with Crippen molar-refractivity contribution < 1.29 is 5.11 Å². The summed E-state index contributed by atoms with van der Waals surface area (Å²) >= 11 is 0. The van der Waals surface area contributed by atoms with E-state index in [1.807, 2.05) is 22.8 Å². The molecule has 1 saturated heterocycles. The summed E-state index contributed by atoms with van der Waals surface area (Å²) in [4.78, 5) is 14.5. The Hall–Kier alpha value is -2.37. The molecular formula is C22H25N3O2. The van der Waals surface area contributed by atoms with Crippen LogP contribution in [0.1, 0.15) is 18.0 Å². The first-order valence-corrected chi connectivity index (χ1v) is 9.81. The molecule has 4 heterocycles. The standard InChI is InChI=1S/C22H25N3O2/c26-19(15-24-9-8-17-4-1-2-5-20(17)24)14-23-11-16-10-18(13-23)21-6-3-7-22(27)25(21)12-16/h1-9,16,18-19,26H,10-15H2/t16-,18+,19+/m0/s1. The van der Waals surface area contributed by atoms with E-state index in [0.29, 0.717) is 24.9 Å². The monoisotopic (exact) mass is 363 g/mol. The summed E-state index contributed by atoms with van der Waals surface area (Å²) < 4.78 is 4.10. The van der Waals surface area contributed by atoms with Crippen LogP contribution < -0.4 is 5.56 Å². The van der Waals surface area contributed by atoms with E-state index >= 15 is 0 Å². The molecule has 2 aliphatic rings. The highest BCUT2D eigenvalue weighted by atomic mass is 16.3. The van der Waals surface area contributed by atoms with Crippen molar-refractivity contribution >= 4 is 10.9 Å². The highest BCUT2D eigenvalue weighted by Crippen LogP contribution is 2.34. The largest absolute Gasteiger partial charge is 0.390 e. The second-order valence-corrected chi connectivity index (χ2v) is 8.10. The van der Waals surface area contributed by atoms with Gasteiger partial charge in [0, 0.05) is 62.1 Å². The summed E-state index contributed by atoms with van der Waals surface area (Å²) in [5, 5.41) is 11.9. The first kappa shape index (κ1) is 16.8. The predicted octanol–water partition coefficient (Wildman–Crippen LogP) is 2.28. The average molecular weight is 363 g/mol. The Kier molecular flexibility index (Phi) is 4.14. The first-order valence-electron chi connectivity index (χ1n) is 9.81. The van der Waals surface area contributed by atoms with E-state index in [1.165, 1.54) is 10.9 Å². The van der Waals surface area contributed by atoms with Crippen molar-refractivity contribution in [2.24, 2.45) is 5.92 Å². The van der Waals surface area contributed by atoms with Gasteiger partial charge in [-0.05, 0) is 35.9 Å². The Balaban J connectivity index is 1.29. The van der Waals surface area contributed by atoms with Crippen LogP contribution in [0.15, 0.2) is 59.5 Å². The van der Waals surface area contributed by atoms with E-state index in [1.54, 1.807) is 6.07 Å². The Morgan fingerprint density at radius 2 is 1.89 bits per heavy atom. The Morgan fingerprint density at radius 3 is 2.81 bits per heavy atom. The number of hydrogen-bond acceptors (Lipinski definition) is 3. The fourth-order valence-electron chi connectivity index (χ4n) is 5.03. The third-order valence-corrected chi connectivity index (χ3v) is 6.11. The average Bonchev–Trinajstić information content (AvgIpc) is 3.05. The van der Waals surface area contributed by atoms with E-state index in [4.69, 9.17) is 0 Å². The summed E-state index contributed by atoms with van der Waals surface area (Å²) in [5.41, 5.74) is 2.45. The maximum atomic E-state index is 12.1. The summed E-state index contributed by atoms with van der Waals surface area (Å²) in [7, 11) is 0. The van der Waals surface area contributed by atoms with Gasteiger partial charge >= 0.3 is 0 Å². The van der Waals surface area contributed by atoms with Crippen LogP contribution in [0.3, 0.4) is 0 Å². The number of fused-ring (bicyclic) bond motifs is 5. The number of para-hydroxylation sites is 1. The minimum absolute atomic E-state index is 0.121. The minimum atomic E-state index is -0.405. The number of β-amino-alcohol motifs (C(OH)–C–C–N with tert-alkyl or cyclic N) is 1. The van der Waals surface area contributed by atoms with Crippen molar-refractivity contribution in [1.82, 2.24) is 14.0 Å². The molecular weight excluding hydrogens is 338 g/mol. The lowest BCUT2D eigenvalue weighted by atomic mass is 9.83. The van der Waals surface area contributed by atoms with Gasteiger partial charge in [0.15, 0.2) is 0 Å². The molecule has 1 N–H and O–H groups in total. The molecule has 3 atom stereocenters. The van der Waals surface area contributed by atoms with Crippen LogP contribution in [-0.2, 0) is 13.1 Å². The quantitative estimate of drug-likeness (QED) is 0.774. The first-order chi connectivity index (χ1) is 13.2. The molecule has 3 aromatic rings. The molecule has 0 unspecified atom stereocenters. The molecule has 140 valence electrons. The van der Waals surface area contributed by atoms with Crippen molar-refractivity contribution in [3.63, 3.8) is 0 Å². The van der Waals surface area contributed by atoms with Crippen molar-refractivity contribution in [2.75, 3.05) is 19.6 Å². The molecule has 1 aromatic carbocycles. The number of benzene rings is 1. The summed E-state index contributed by atoms with van der Waals surface area (Å²) in [6.07, 6.45) is 2.80. The van der Waals surface area contributed by atoms with Gasteiger partial charge in [0.05, 0.1) is 6.10 Å². The second kappa shape index (κ2) is 6.66. The zero-order valence-corrected chi connectivity index (χ0v) is 15.4. The Morgan fingerprint density at radius 1 is 1.00 bits per heavy atom. The summed E-state index contributed by atoms with van der Waals surface area (Å²) in [6.45, 7) is 3.97. The predicted molar refractivity (Wildman–Crippen MR) is 106 cm³/mol. The number of aromatic nitrogens is 2. The second-order valence-electron chi connectivity index (χ2n) is 8.10. The zero-order valence-electron chi connectivity index (χ0n) is 15.4. The molecule has 0 saturated carbocycles. The van der Waals surface area contributed by atoms with Gasteiger partial charge < -0.3 is 14.2 Å². The highest BCUT2D eigenvalue weighted by Gasteiger charge is 2.34. The van der Waals surface area contributed by atoms with Crippen LogP contribution in [0.2, 0.25) is 0 Å². The summed E-state index contributed by atoms with van der Waals surface area (Å²) in [6, 6.07) is 16.0. The third kappa shape index (κ3) is 3.11.